The summed E-state index contributed by atoms with van der Waals surface area (Å²) in [4.78, 5) is 22.4. The largest absolute Gasteiger partial charge is 0.480 e. The van der Waals surface area contributed by atoms with Gasteiger partial charge in [0.2, 0.25) is 0 Å². The fraction of sp³-hybridized carbons (Fsp3) is 0.800. The molecule has 1 fully saturated rings. The number of nitrogens with one attached hydrogen (secondary N) is 2. The molecule has 3 N–H and O–H groups in total. The fourth-order valence-corrected chi connectivity index (χ4v) is 2.80. The Bertz CT molecular complexity index is 333. The van der Waals surface area contributed by atoms with E-state index in [1.54, 1.807) is 0 Å². The number of carbonyl (C=O) groups excluding carboxylic acids is 1. The van der Waals surface area contributed by atoms with Crippen molar-refractivity contribution in [1.29, 1.82) is 0 Å². The van der Waals surface area contributed by atoms with Crippen LogP contribution in [0.4, 0.5) is 4.79 Å². The second-order valence-electron chi connectivity index (χ2n) is 4.65. The van der Waals surface area contributed by atoms with Crippen LogP contribution in [0, 0.1) is 0 Å². The molecule has 0 spiro atoms. The zero-order valence-corrected chi connectivity index (χ0v) is 10.8. The van der Waals surface area contributed by atoms with Crippen molar-refractivity contribution in [3.05, 3.63) is 0 Å². The van der Waals surface area contributed by atoms with E-state index in [0.717, 1.165) is 0 Å². The molecule has 0 atom stereocenters. The van der Waals surface area contributed by atoms with Crippen LogP contribution >= 0.6 is 0 Å². The van der Waals surface area contributed by atoms with E-state index in [2.05, 4.69) is 10.6 Å². The van der Waals surface area contributed by atoms with Gasteiger partial charge in [0.15, 0.2) is 0 Å². The lowest BCUT2D eigenvalue weighted by Gasteiger charge is -2.26. The van der Waals surface area contributed by atoms with Gasteiger partial charge in [-0.15, -0.1) is 0 Å². The lowest BCUT2D eigenvalue weighted by Crippen LogP contribution is -2.55. The average Bonchev–Trinajstić information content (AvgIpc) is 2.20. The van der Waals surface area contributed by atoms with Crippen molar-refractivity contribution in [2.45, 2.75) is 38.3 Å². The highest BCUT2D eigenvalue weighted by atomic mass is 32.2. The minimum absolute atomic E-state index is 0.0164. The highest BCUT2D eigenvalue weighted by Crippen LogP contribution is 2.09. The monoisotopic (exact) mass is 262 g/mol. The normalized spacial score (nSPS) is 25.1. The van der Waals surface area contributed by atoms with E-state index < -0.39 is 28.3 Å². The predicted molar refractivity (Wildman–Crippen MR) is 64.3 cm³/mol. The minimum Gasteiger partial charge on any atom is -0.480 e. The second kappa shape index (κ2) is 5.48. The van der Waals surface area contributed by atoms with Gasteiger partial charge in [0.25, 0.3) is 0 Å². The van der Waals surface area contributed by atoms with Crippen LogP contribution in [0.5, 0.6) is 0 Å². The maximum absolute atomic E-state index is 11.6. The van der Waals surface area contributed by atoms with Gasteiger partial charge in [0, 0.05) is 28.3 Å². The molecule has 98 valence electrons. The lowest BCUT2D eigenvalue weighted by atomic mass is 10.1. The van der Waals surface area contributed by atoms with Gasteiger partial charge in [0.1, 0.15) is 5.54 Å². The molecule has 1 aliphatic heterocycles. The molecule has 17 heavy (non-hydrogen) atoms. The van der Waals surface area contributed by atoms with Crippen molar-refractivity contribution in [2.24, 2.45) is 0 Å². The molecule has 6 nitrogen and oxygen atoms in total. The van der Waals surface area contributed by atoms with Gasteiger partial charge >= 0.3 is 12.0 Å². The van der Waals surface area contributed by atoms with Crippen LogP contribution in [-0.4, -0.2) is 44.4 Å². The summed E-state index contributed by atoms with van der Waals surface area (Å²) in [6, 6.07) is -0.507. The van der Waals surface area contributed by atoms with Gasteiger partial charge in [-0.05, 0) is 26.7 Å². The molecular formula is C10H18N2O4S. The van der Waals surface area contributed by atoms with E-state index >= 15 is 0 Å². The summed E-state index contributed by atoms with van der Waals surface area (Å²) in [7, 11) is -0.768. The molecule has 0 unspecified atom stereocenters. The predicted octanol–water partition coefficient (Wildman–Crippen LogP) is 0.0599. The molecule has 0 aliphatic carbocycles. The Morgan fingerprint density at radius 1 is 1.29 bits per heavy atom. The van der Waals surface area contributed by atoms with Gasteiger partial charge in [-0.3, -0.25) is 4.21 Å². The van der Waals surface area contributed by atoms with Crippen LogP contribution in [-0.2, 0) is 15.6 Å². The molecule has 1 saturated heterocycles. The molecule has 1 heterocycles. The quantitative estimate of drug-likeness (QED) is 0.670. The van der Waals surface area contributed by atoms with Crippen molar-refractivity contribution < 1.29 is 18.9 Å². The van der Waals surface area contributed by atoms with E-state index in [0.29, 0.717) is 24.3 Å². The highest BCUT2D eigenvalue weighted by molar-refractivity contribution is 7.85. The zero-order valence-electron chi connectivity index (χ0n) is 9.99. The molecule has 0 aromatic carbocycles. The minimum atomic E-state index is -1.29. The molecule has 0 aromatic rings. The maximum Gasteiger partial charge on any atom is 0.328 e. The summed E-state index contributed by atoms with van der Waals surface area (Å²) >= 11 is 0. The first-order valence-electron chi connectivity index (χ1n) is 5.48. The van der Waals surface area contributed by atoms with Crippen LogP contribution in [0.1, 0.15) is 26.7 Å². The number of hydrogen-bond donors (Lipinski definition) is 3. The third-order valence-electron chi connectivity index (χ3n) is 2.68. The molecule has 0 bridgehead atoms. The fourth-order valence-electron chi connectivity index (χ4n) is 1.50. The Balaban J connectivity index is 2.40. The third kappa shape index (κ3) is 4.33. The van der Waals surface area contributed by atoms with E-state index in [-0.39, 0.29) is 6.04 Å². The number of rotatable bonds is 3. The highest BCUT2D eigenvalue weighted by Gasteiger charge is 2.30. The number of amides is 2. The van der Waals surface area contributed by atoms with Gasteiger partial charge in [0.05, 0.1) is 0 Å². The summed E-state index contributed by atoms with van der Waals surface area (Å²) in [5, 5.41) is 13.9. The Labute approximate surface area is 103 Å². The molecule has 2 amide bonds. The molecule has 1 rings (SSSR count). The van der Waals surface area contributed by atoms with Crippen LogP contribution < -0.4 is 10.6 Å². The summed E-state index contributed by atoms with van der Waals surface area (Å²) in [5.74, 6) is 0.0953. The van der Waals surface area contributed by atoms with Crippen LogP contribution in [0.25, 0.3) is 0 Å². The molecule has 1 aliphatic rings. The Morgan fingerprint density at radius 2 is 1.82 bits per heavy atom. The number of urea groups is 1. The average molecular weight is 262 g/mol. The molecule has 0 saturated carbocycles. The topological polar surface area (TPSA) is 95.5 Å². The second-order valence-corrected chi connectivity index (χ2v) is 6.35. The number of aliphatic carboxylic acids is 1. The van der Waals surface area contributed by atoms with Gasteiger partial charge in [-0.25, -0.2) is 9.59 Å². The smallest absolute Gasteiger partial charge is 0.328 e. The van der Waals surface area contributed by atoms with Crippen LogP contribution in [0.3, 0.4) is 0 Å². The van der Waals surface area contributed by atoms with E-state index in [1.807, 2.05) is 0 Å². The third-order valence-corrected chi connectivity index (χ3v) is 4.07. The van der Waals surface area contributed by atoms with Crippen molar-refractivity contribution in [2.75, 3.05) is 11.5 Å². The Kier molecular flexibility index (Phi) is 4.50. The zero-order chi connectivity index (χ0) is 13.1. The van der Waals surface area contributed by atoms with Crippen molar-refractivity contribution in [3.8, 4) is 0 Å². The van der Waals surface area contributed by atoms with Crippen molar-refractivity contribution >= 4 is 22.8 Å². The number of hydrogen-bond acceptors (Lipinski definition) is 3. The maximum atomic E-state index is 11.6. The summed E-state index contributed by atoms with van der Waals surface area (Å²) in [5.41, 5.74) is -1.29. The van der Waals surface area contributed by atoms with Gasteiger partial charge < -0.3 is 15.7 Å². The number of carboxylic acid groups (broad SMARTS) is 1. The molecule has 0 aromatic heterocycles. The van der Waals surface area contributed by atoms with E-state index in [4.69, 9.17) is 5.11 Å². The standard InChI is InChI=1S/C10H18N2O4S/c1-10(2,8(13)14)12-9(15)11-7-3-5-17(16)6-4-7/h7H,3-6H2,1-2H3,(H,13,14)(H2,11,12,15). The number of carboxylic acids is 1. The first-order valence-corrected chi connectivity index (χ1v) is 6.97. The first kappa shape index (κ1) is 14.0. The van der Waals surface area contributed by atoms with Crippen LogP contribution in [0.15, 0.2) is 0 Å². The molecule has 7 heteroatoms. The first-order chi connectivity index (χ1) is 7.81. The summed E-state index contributed by atoms with van der Waals surface area (Å²) in [6.45, 7) is 2.84. The van der Waals surface area contributed by atoms with E-state index in [9.17, 15) is 13.8 Å². The van der Waals surface area contributed by atoms with Crippen LogP contribution in [0.2, 0.25) is 0 Å². The van der Waals surface area contributed by atoms with E-state index in [1.165, 1.54) is 13.8 Å². The molecular weight excluding hydrogens is 244 g/mol. The summed E-state index contributed by atoms with van der Waals surface area (Å²) in [6.07, 6.45) is 1.35. The number of carbonyl (C=O) groups is 2. The Hall–Kier alpha value is -1.11. The summed E-state index contributed by atoms with van der Waals surface area (Å²) < 4.78 is 11.1. The molecule has 0 radical (unpaired) electrons. The van der Waals surface area contributed by atoms with Gasteiger partial charge in [-0.2, -0.15) is 0 Å². The van der Waals surface area contributed by atoms with Crippen molar-refractivity contribution in [1.82, 2.24) is 10.6 Å². The Morgan fingerprint density at radius 3 is 2.29 bits per heavy atom. The van der Waals surface area contributed by atoms with Gasteiger partial charge in [-0.1, -0.05) is 0 Å². The lowest BCUT2D eigenvalue weighted by molar-refractivity contribution is -0.142. The SMILES string of the molecule is CC(C)(NC(=O)NC1CCS(=O)CC1)C(=O)O. The van der Waals surface area contributed by atoms with Crippen molar-refractivity contribution in [3.63, 3.8) is 0 Å².